The molecular weight excluding hydrogens is 265 g/mol. The van der Waals surface area contributed by atoms with Gasteiger partial charge in [-0.25, -0.2) is 0 Å². The highest BCUT2D eigenvalue weighted by molar-refractivity contribution is 5.30. The number of nitrogens with zero attached hydrogens (tertiary/aromatic N) is 1. The van der Waals surface area contributed by atoms with E-state index in [1.165, 1.54) is 25.2 Å². The Morgan fingerprint density at radius 1 is 1.30 bits per heavy atom. The van der Waals surface area contributed by atoms with Crippen LogP contribution in [0.15, 0.2) is 18.5 Å². The van der Waals surface area contributed by atoms with E-state index in [1.807, 2.05) is 0 Å². The second-order valence-corrected chi connectivity index (χ2v) is 6.07. The first kappa shape index (κ1) is 13.9. The van der Waals surface area contributed by atoms with Gasteiger partial charge in [0.1, 0.15) is 0 Å². The van der Waals surface area contributed by atoms with Crippen molar-refractivity contribution in [3.05, 3.63) is 29.6 Å². The molecule has 20 heavy (non-hydrogen) atoms. The number of aromatic nitrogens is 1. The fourth-order valence-corrected chi connectivity index (χ4v) is 4.22. The lowest BCUT2D eigenvalue weighted by Gasteiger charge is -2.32. The molecule has 5 heteroatoms. The van der Waals surface area contributed by atoms with E-state index in [1.54, 1.807) is 7.05 Å². The number of rotatable bonds is 3. The Morgan fingerprint density at radius 3 is 2.65 bits per heavy atom. The molecular formula is C15H19F3N2. The summed E-state index contributed by atoms with van der Waals surface area (Å²) in [6.07, 6.45) is 2.93. The van der Waals surface area contributed by atoms with Crippen molar-refractivity contribution in [3.8, 4) is 0 Å². The number of hydrogen-bond donors (Lipinski definition) is 1. The van der Waals surface area contributed by atoms with Crippen molar-refractivity contribution in [1.29, 1.82) is 0 Å². The van der Waals surface area contributed by atoms with Crippen LogP contribution in [-0.2, 0) is 6.18 Å². The van der Waals surface area contributed by atoms with E-state index in [2.05, 4.69) is 10.3 Å². The number of halogens is 3. The Morgan fingerprint density at radius 2 is 2.10 bits per heavy atom. The van der Waals surface area contributed by atoms with Gasteiger partial charge in [0.2, 0.25) is 0 Å². The van der Waals surface area contributed by atoms with Crippen molar-refractivity contribution in [1.82, 2.24) is 10.3 Å². The minimum atomic E-state index is -4.31. The number of fused-ring (bicyclic) bond motifs is 2. The van der Waals surface area contributed by atoms with E-state index < -0.39 is 11.7 Å². The van der Waals surface area contributed by atoms with Crippen LogP contribution in [-0.4, -0.2) is 12.0 Å². The number of alkyl halides is 3. The predicted molar refractivity (Wildman–Crippen MR) is 70.0 cm³/mol. The number of nitrogens with one attached hydrogen (secondary N) is 1. The van der Waals surface area contributed by atoms with Crippen LogP contribution >= 0.6 is 0 Å². The quantitative estimate of drug-likeness (QED) is 0.913. The molecule has 1 aromatic heterocycles. The van der Waals surface area contributed by atoms with Gasteiger partial charge in [0.05, 0.1) is 5.56 Å². The Labute approximate surface area is 116 Å². The molecule has 0 aliphatic heterocycles. The van der Waals surface area contributed by atoms with Crippen LogP contribution in [0, 0.1) is 17.8 Å². The molecule has 1 aromatic rings. The minimum absolute atomic E-state index is 0.240. The van der Waals surface area contributed by atoms with E-state index in [-0.39, 0.29) is 6.04 Å². The molecule has 0 amide bonds. The molecule has 2 nitrogen and oxygen atoms in total. The summed E-state index contributed by atoms with van der Waals surface area (Å²) in [7, 11) is 1.75. The van der Waals surface area contributed by atoms with Crippen LogP contribution < -0.4 is 5.32 Å². The molecule has 2 fully saturated rings. The van der Waals surface area contributed by atoms with Gasteiger partial charge >= 0.3 is 6.18 Å². The third kappa shape index (κ3) is 2.32. The molecule has 0 aromatic carbocycles. The van der Waals surface area contributed by atoms with E-state index in [0.717, 1.165) is 18.9 Å². The zero-order valence-electron chi connectivity index (χ0n) is 11.5. The summed E-state index contributed by atoms with van der Waals surface area (Å²) in [6.45, 7) is 0. The van der Waals surface area contributed by atoms with E-state index in [0.29, 0.717) is 23.3 Å². The lowest BCUT2D eigenvalue weighted by Crippen LogP contribution is -2.31. The van der Waals surface area contributed by atoms with Crippen molar-refractivity contribution in [2.45, 2.75) is 37.9 Å². The largest absolute Gasteiger partial charge is 0.416 e. The second-order valence-electron chi connectivity index (χ2n) is 6.07. The molecule has 0 saturated heterocycles. The lowest BCUT2D eigenvalue weighted by atomic mass is 9.80. The molecule has 0 spiro atoms. The summed E-state index contributed by atoms with van der Waals surface area (Å²) in [5, 5.41) is 3.12. The molecule has 3 rings (SSSR count). The van der Waals surface area contributed by atoms with Gasteiger partial charge in [-0.1, -0.05) is 6.42 Å². The summed E-state index contributed by atoms with van der Waals surface area (Å²) in [4.78, 5) is 3.92. The van der Waals surface area contributed by atoms with E-state index >= 15 is 0 Å². The van der Waals surface area contributed by atoms with E-state index in [4.69, 9.17) is 0 Å². The van der Waals surface area contributed by atoms with Gasteiger partial charge in [-0.2, -0.15) is 13.2 Å². The van der Waals surface area contributed by atoms with Crippen molar-refractivity contribution < 1.29 is 13.2 Å². The highest BCUT2D eigenvalue weighted by Gasteiger charge is 2.45. The molecule has 4 atom stereocenters. The van der Waals surface area contributed by atoms with Gasteiger partial charge in [0, 0.05) is 18.4 Å². The van der Waals surface area contributed by atoms with Crippen LogP contribution in [0.25, 0.3) is 0 Å². The normalized spacial score (nSPS) is 30.7. The fraction of sp³-hybridized carbons (Fsp3) is 0.667. The molecule has 2 saturated carbocycles. The molecule has 0 radical (unpaired) electrons. The van der Waals surface area contributed by atoms with Crippen LogP contribution in [0.2, 0.25) is 0 Å². The molecule has 2 aliphatic rings. The topological polar surface area (TPSA) is 24.9 Å². The van der Waals surface area contributed by atoms with E-state index in [9.17, 15) is 13.2 Å². The Bertz CT molecular complexity index is 486. The Balaban J connectivity index is 1.94. The van der Waals surface area contributed by atoms with Gasteiger partial charge in [-0.3, -0.25) is 4.98 Å². The Hall–Kier alpha value is -1.10. The maximum absolute atomic E-state index is 13.2. The Kier molecular flexibility index (Phi) is 3.48. The highest BCUT2D eigenvalue weighted by Crippen LogP contribution is 2.53. The molecule has 2 bridgehead atoms. The molecule has 2 aliphatic carbocycles. The second kappa shape index (κ2) is 5.02. The van der Waals surface area contributed by atoms with Gasteiger partial charge in [0.25, 0.3) is 0 Å². The third-order valence-corrected chi connectivity index (χ3v) is 5.02. The average Bonchev–Trinajstić information content (AvgIpc) is 3.02. The van der Waals surface area contributed by atoms with Gasteiger partial charge in [-0.15, -0.1) is 0 Å². The number of hydrogen-bond acceptors (Lipinski definition) is 2. The summed E-state index contributed by atoms with van der Waals surface area (Å²) in [5.74, 6) is 1.59. The van der Waals surface area contributed by atoms with Crippen molar-refractivity contribution >= 4 is 0 Å². The SMILES string of the molecule is CNC(c1cnccc1C(F)(F)F)C1CC2CCC1C2. The highest BCUT2D eigenvalue weighted by atomic mass is 19.4. The summed E-state index contributed by atoms with van der Waals surface area (Å²) < 4.78 is 39.5. The zero-order chi connectivity index (χ0) is 14.3. The smallest absolute Gasteiger partial charge is 0.313 e. The first-order valence-corrected chi connectivity index (χ1v) is 7.19. The monoisotopic (exact) mass is 284 g/mol. The molecule has 4 unspecified atom stereocenters. The van der Waals surface area contributed by atoms with Crippen LogP contribution in [0.4, 0.5) is 13.2 Å². The predicted octanol–water partition coefficient (Wildman–Crippen LogP) is 3.80. The summed E-state index contributed by atoms with van der Waals surface area (Å²) >= 11 is 0. The first-order valence-electron chi connectivity index (χ1n) is 7.19. The third-order valence-electron chi connectivity index (χ3n) is 5.02. The molecule has 1 heterocycles. The van der Waals surface area contributed by atoms with Gasteiger partial charge < -0.3 is 5.32 Å². The van der Waals surface area contributed by atoms with Crippen molar-refractivity contribution in [2.24, 2.45) is 17.8 Å². The van der Waals surface area contributed by atoms with Gasteiger partial charge in [-0.05, 0) is 55.7 Å². The first-order chi connectivity index (χ1) is 9.50. The zero-order valence-corrected chi connectivity index (χ0v) is 11.5. The summed E-state index contributed by atoms with van der Waals surface area (Å²) in [5.41, 5.74) is -0.241. The summed E-state index contributed by atoms with van der Waals surface area (Å²) in [6, 6.07) is 0.850. The van der Waals surface area contributed by atoms with Gasteiger partial charge in [0.15, 0.2) is 0 Å². The fourth-order valence-electron chi connectivity index (χ4n) is 4.22. The molecule has 110 valence electrons. The maximum Gasteiger partial charge on any atom is 0.416 e. The average molecular weight is 284 g/mol. The standard InChI is InChI=1S/C15H19F3N2/c1-19-14(11-7-9-2-3-10(11)6-9)12-8-20-5-4-13(12)15(16,17)18/h4-5,8-11,14,19H,2-3,6-7H2,1H3. The van der Waals surface area contributed by atoms with Crippen LogP contribution in [0.5, 0.6) is 0 Å². The minimum Gasteiger partial charge on any atom is -0.313 e. The van der Waals surface area contributed by atoms with Crippen LogP contribution in [0.3, 0.4) is 0 Å². The lowest BCUT2D eigenvalue weighted by molar-refractivity contribution is -0.138. The van der Waals surface area contributed by atoms with Crippen molar-refractivity contribution in [2.75, 3.05) is 7.05 Å². The number of pyridine rings is 1. The molecule has 1 N–H and O–H groups in total. The maximum atomic E-state index is 13.2. The van der Waals surface area contributed by atoms with Crippen molar-refractivity contribution in [3.63, 3.8) is 0 Å². The van der Waals surface area contributed by atoms with Crippen LogP contribution in [0.1, 0.15) is 42.9 Å².